The van der Waals surface area contributed by atoms with E-state index in [4.69, 9.17) is 4.74 Å². The van der Waals surface area contributed by atoms with E-state index in [2.05, 4.69) is 10.3 Å². The van der Waals surface area contributed by atoms with Crippen molar-refractivity contribution in [3.63, 3.8) is 0 Å². The number of carbonyl (C=O) groups excluding carboxylic acids is 2. The molecule has 4 atom stereocenters. The second kappa shape index (κ2) is 9.57. The molecular formula is C27H27F3N2O3. The van der Waals surface area contributed by atoms with Crippen LogP contribution in [0.15, 0.2) is 53.5 Å². The minimum atomic E-state index is -4.44. The zero-order valence-electron chi connectivity index (χ0n) is 19.2. The van der Waals surface area contributed by atoms with E-state index < -0.39 is 17.8 Å². The summed E-state index contributed by atoms with van der Waals surface area (Å²) in [5.41, 5.74) is 1.99. The zero-order chi connectivity index (χ0) is 24.6. The third-order valence-corrected chi connectivity index (χ3v) is 7.24. The van der Waals surface area contributed by atoms with Crippen molar-refractivity contribution in [1.82, 2.24) is 0 Å². The van der Waals surface area contributed by atoms with Gasteiger partial charge in [-0.2, -0.15) is 13.2 Å². The normalized spacial score (nSPS) is 26.3. The van der Waals surface area contributed by atoms with Gasteiger partial charge in [-0.25, -0.2) is 0 Å². The van der Waals surface area contributed by atoms with Gasteiger partial charge in [-0.1, -0.05) is 30.3 Å². The van der Waals surface area contributed by atoms with E-state index >= 15 is 0 Å². The van der Waals surface area contributed by atoms with E-state index in [0.717, 1.165) is 24.5 Å². The standard InChI is InChI=1S/C27H27F3N2O3/c28-27(29,30)17-6-11-22-21(14-17)26-20(25(32-22)16-4-2-1-3-5-16)10-8-19(35-26)9-13-24(34)23-12-7-18(33)15-31-23/h1-6,11,14,19-20,25-26,32H,7-10,12-13,15H2/t19-,20+,25+,26+/m1/s1. The Morgan fingerprint density at radius 2 is 1.89 bits per heavy atom. The first kappa shape index (κ1) is 23.7. The number of benzene rings is 2. The van der Waals surface area contributed by atoms with Crippen molar-refractivity contribution >= 4 is 23.0 Å². The van der Waals surface area contributed by atoms with E-state index in [1.54, 1.807) is 0 Å². The molecule has 2 aromatic rings. The first-order valence-corrected chi connectivity index (χ1v) is 12.1. The molecule has 3 aliphatic heterocycles. The Bertz CT molecular complexity index is 1150. The maximum absolute atomic E-state index is 13.5. The molecule has 0 unspecified atom stereocenters. The third kappa shape index (κ3) is 5.03. The van der Waals surface area contributed by atoms with Crippen LogP contribution in [-0.2, 0) is 20.5 Å². The molecule has 184 valence electrons. The van der Waals surface area contributed by atoms with Gasteiger partial charge in [0.25, 0.3) is 0 Å². The smallest absolute Gasteiger partial charge is 0.378 e. The van der Waals surface area contributed by atoms with Crippen LogP contribution in [0.1, 0.15) is 67.4 Å². The maximum Gasteiger partial charge on any atom is 0.416 e. The Balaban J connectivity index is 1.37. The lowest BCUT2D eigenvalue weighted by molar-refractivity contribution is -0.138. The van der Waals surface area contributed by atoms with Crippen molar-refractivity contribution in [2.75, 3.05) is 11.9 Å². The predicted octanol–water partition coefficient (Wildman–Crippen LogP) is 5.86. The largest absolute Gasteiger partial charge is 0.416 e. The summed E-state index contributed by atoms with van der Waals surface area (Å²) in [6.45, 7) is 0.0664. The van der Waals surface area contributed by atoms with Crippen LogP contribution in [0, 0.1) is 5.92 Å². The summed E-state index contributed by atoms with van der Waals surface area (Å²) in [6.07, 6.45) is -2.23. The number of hydrogen-bond acceptors (Lipinski definition) is 5. The average Bonchev–Trinajstić information content (AvgIpc) is 2.86. The number of carbonyl (C=O) groups is 2. The molecule has 0 aromatic heterocycles. The SMILES string of the molecule is O=C1CCC(C(=O)CC[C@H]2CC[C@@H]3[C@H](O2)c2cc(C(F)(F)F)ccc2N[C@H]3c2ccccc2)=NC1. The van der Waals surface area contributed by atoms with E-state index in [0.29, 0.717) is 36.2 Å². The van der Waals surface area contributed by atoms with E-state index in [-0.39, 0.29) is 42.6 Å². The first-order valence-electron chi connectivity index (χ1n) is 12.1. The van der Waals surface area contributed by atoms with Crippen molar-refractivity contribution in [1.29, 1.82) is 0 Å². The van der Waals surface area contributed by atoms with Gasteiger partial charge in [0.1, 0.15) is 0 Å². The molecule has 5 rings (SSSR count). The third-order valence-electron chi connectivity index (χ3n) is 7.24. The highest BCUT2D eigenvalue weighted by molar-refractivity contribution is 6.40. The number of halogens is 3. The van der Waals surface area contributed by atoms with Crippen LogP contribution >= 0.6 is 0 Å². The number of ketones is 2. The number of nitrogens with one attached hydrogen (secondary N) is 1. The Kier molecular flexibility index (Phi) is 6.49. The Hall–Kier alpha value is -3.00. The molecule has 0 amide bonds. The molecule has 3 aliphatic rings. The van der Waals surface area contributed by atoms with Crippen molar-refractivity contribution in [3.8, 4) is 0 Å². The summed E-state index contributed by atoms with van der Waals surface area (Å²) in [7, 11) is 0. The second-order valence-electron chi connectivity index (χ2n) is 9.52. The fourth-order valence-corrected chi connectivity index (χ4v) is 5.40. The van der Waals surface area contributed by atoms with Gasteiger partial charge < -0.3 is 10.1 Å². The number of alkyl halides is 3. The van der Waals surface area contributed by atoms with Gasteiger partial charge in [-0.05, 0) is 49.4 Å². The van der Waals surface area contributed by atoms with Crippen molar-refractivity contribution in [3.05, 3.63) is 65.2 Å². The first-order chi connectivity index (χ1) is 16.8. The number of ether oxygens (including phenoxy) is 1. The summed E-state index contributed by atoms with van der Waals surface area (Å²) in [4.78, 5) is 28.1. The number of fused-ring (bicyclic) bond motifs is 3. The molecule has 0 saturated carbocycles. The van der Waals surface area contributed by atoms with Gasteiger partial charge in [0.2, 0.25) is 0 Å². The topological polar surface area (TPSA) is 67.8 Å². The van der Waals surface area contributed by atoms with Gasteiger partial charge in [0, 0.05) is 30.0 Å². The molecule has 5 nitrogen and oxygen atoms in total. The van der Waals surface area contributed by atoms with Gasteiger partial charge in [-0.15, -0.1) is 0 Å². The number of aliphatic imine (C=N–C) groups is 1. The molecule has 3 heterocycles. The molecule has 2 aromatic carbocycles. The Morgan fingerprint density at radius 1 is 1.09 bits per heavy atom. The summed E-state index contributed by atoms with van der Waals surface area (Å²) < 4.78 is 46.9. The van der Waals surface area contributed by atoms with E-state index in [1.165, 1.54) is 12.1 Å². The fourth-order valence-electron chi connectivity index (χ4n) is 5.40. The Morgan fingerprint density at radius 3 is 2.60 bits per heavy atom. The van der Waals surface area contributed by atoms with Crippen LogP contribution in [0.5, 0.6) is 0 Å². The minimum absolute atomic E-state index is 0.0333. The zero-order valence-corrected chi connectivity index (χ0v) is 19.2. The number of anilines is 1. The predicted molar refractivity (Wildman–Crippen MR) is 125 cm³/mol. The van der Waals surface area contributed by atoms with Crippen LogP contribution in [0.4, 0.5) is 18.9 Å². The monoisotopic (exact) mass is 484 g/mol. The molecule has 1 N–H and O–H groups in total. The highest BCUT2D eigenvalue weighted by atomic mass is 19.4. The maximum atomic E-state index is 13.5. The molecule has 0 spiro atoms. The van der Waals surface area contributed by atoms with Gasteiger partial charge in [0.15, 0.2) is 11.6 Å². The summed E-state index contributed by atoms with van der Waals surface area (Å²) >= 11 is 0. The van der Waals surface area contributed by atoms with E-state index in [9.17, 15) is 22.8 Å². The summed E-state index contributed by atoms with van der Waals surface area (Å²) in [6, 6.07) is 13.6. The lowest BCUT2D eigenvalue weighted by Crippen LogP contribution is -2.39. The van der Waals surface area contributed by atoms with Gasteiger partial charge in [0.05, 0.1) is 36.1 Å². The highest BCUT2D eigenvalue weighted by Crippen LogP contribution is 2.51. The van der Waals surface area contributed by atoms with Crippen LogP contribution in [0.3, 0.4) is 0 Å². The van der Waals surface area contributed by atoms with Crippen LogP contribution in [0.25, 0.3) is 0 Å². The molecule has 1 saturated heterocycles. The molecule has 0 radical (unpaired) electrons. The summed E-state index contributed by atoms with van der Waals surface area (Å²) in [5.74, 6) is -0.0662. The number of rotatable bonds is 5. The van der Waals surface area contributed by atoms with Crippen LogP contribution in [0.2, 0.25) is 0 Å². The fraction of sp³-hybridized carbons (Fsp3) is 0.444. The molecule has 8 heteroatoms. The molecule has 0 aliphatic carbocycles. The lowest BCUT2D eigenvalue weighted by Gasteiger charge is -2.46. The number of Topliss-reactive ketones (excluding diaryl/α,β-unsaturated/α-hetero) is 2. The second-order valence-corrected chi connectivity index (χ2v) is 9.52. The lowest BCUT2D eigenvalue weighted by atomic mass is 9.76. The summed E-state index contributed by atoms with van der Waals surface area (Å²) in [5, 5.41) is 3.46. The molecular weight excluding hydrogens is 457 g/mol. The Labute approximate surface area is 201 Å². The molecule has 1 fully saturated rings. The van der Waals surface area contributed by atoms with Crippen LogP contribution in [-0.4, -0.2) is 29.9 Å². The van der Waals surface area contributed by atoms with E-state index in [1.807, 2.05) is 30.3 Å². The van der Waals surface area contributed by atoms with Crippen LogP contribution < -0.4 is 5.32 Å². The minimum Gasteiger partial charge on any atom is -0.378 e. The molecule has 35 heavy (non-hydrogen) atoms. The van der Waals surface area contributed by atoms with Crippen molar-refractivity contribution < 1.29 is 27.5 Å². The highest BCUT2D eigenvalue weighted by Gasteiger charge is 2.43. The van der Waals surface area contributed by atoms with Crippen molar-refractivity contribution in [2.24, 2.45) is 10.9 Å². The van der Waals surface area contributed by atoms with Gasteiger partial charge >= 0.3 is 6.18 Å². The number of nitrogens with zero attached hydrogens (tertiary/aromatic N) is 1. The quantitative estimate of drug-likeness (QED) is 0.577. The average molecular weight is 485 g/mol. The van der Waals surface area contributed by atoms with Crippen molar-refractivity contribution in [2.45, 2.75) is 63.0 Å². The number of hydrogen-bond donors (Lipinski definition) is 1. The molecule has 0 bridgehead atoms. The van der Waals surface area contributed by atoms with Gasteiger partial charge in [-0.3, -0.25) is 14.6 Å².